The van der Waals surface area contributed by atoms with Gasteiger partial charge in [0.15, 0.2) is 13.2 Å². The van der Waals surface area contributed by atoms with E-state index < -0.39 is 11.9 Å². The molecular weight excluding hydrogens is 312 g/mol. The number of nitrogens with two attached hydrogens (primary N) is 1. The maximum absolute atomic E-state index is 12.1. The summed E-state index contributed by atoms with van der Waals surface area (Å²) in [6.07, 6.45) is 2.10. The van der Waals surface area contributed by atoms with Crippen LogP contribution in [0.5, 0.6) is 5.75 Å². The van der Waals surface area contributed by atoms with E-state index in [0.29, 0.717) is 30.3 Å². The average molecular weight is 334 g/mol. The van der Waals surface area contributed by atoms with Crippen molar-refractivity contribution in [1.82, 2.24) is 4.90 Å². The minimum absolute atomic E-state index is 0.170. The number of amides is 2. The Hall–Kier alpha value is -2.57. The molecule has 1 aliphatic heterocycles. The van der Waals surface area contributed by atoms with Gasteiger partial charge in [0.05, 0.1) is 5.56 Å². The quantitative estimate of drug-likeness (QED) is 0.782. The Morgan fingerprint density at radius 1 is 1.21 bits per heavy atom. The van der Waals surface area contributed by atoms with Gasteiger partial charge in [0.25, 0.3) is 11.8 Å². The molecule has 1 heterocycles. The zero-order chi connectivity index (χ0) is 17.5. The molecule has 130 valence electrons. The van der Waals surface area contributed by atoms with Crippen molar-refractivity contribution in [3.05, 3.63) is 29.8 Å². The van der Waals surface area contributed by atoms with Gasteiger partial charge in [0.2, 0.25) is 0 Å². The fraction of sp³-hybridized carbons (Fsp3) is 0.471. The van der Waals surface area contributed by atoms with Crippen molar-refractivity contribution in [2.24, 2.45) is 11.7 Å². The summed E-state index contributed by atoms with van der Waals surface area (Å²) >= 11 is 0. The summed E-state index contributed by atoms with van der Waals surface area (Å²) in [4.78, 5) is 36.4. The summed E-state index contributed by atoms with van der Waals surface area (Å²) < 4.78 is 10.2. The first-order valence-electron chi connectivity index (χ1n) is 7.92. The lowest BCUT2D eigenvalue weighted by Gasteiger charge is -2.30. The Labute approximate surface area is 140 Å². The SMILES string of the molecule is C[C@H]1CCCN(C(=O)COC(=O)c2ccc(OCC(N)=O)cc2)C1. The van der Waals surface area contributed by atoms with Crippen molar-refractivity contribution >= 4 is 17.8 Å². The van der Waals surface area contributed by atoms with E-state index in [2.05, 4.69) is 6.92 Å². The van der Waals surface area contributed by atoms with E-state index in [9.17, 15) is 14.4 Å². The molecule has 1 atom stereocenters. The van der Waals surface area contributed by atoms with Crippen LogP contribution in [0.4, 0.5) is 0 Å². The fourth-order valence-corrected chi connectivity index (χ4v) is 2.56. The zero-order valence-electron chi connectivity index (χ0n) is 13.7. The average Bonchev–Trinajstić information content (AvgIpc) is 2.58. The molecule has 1 aromatic rings. The molecule has 0 spiro atoms. The van der Waals surface area contributed by atoms with Crippen LogP contribution in [0.25, 0.3) is 0 Å². The van der Waals surface area contributed by atoms with Crippen LogP contribution in [0.2, 0.25) is 0 Å². The monoisotopic (exact) mass is 334 g/mol. The normalized spacial score (nSPS) is 17.2. The van der Waals surface area contributed by atoms with E-state index in [0.717, 1.165) is 12.8 Å². The van der Waals surface area contributed by atoms with Crippen LogP contribution in [-0.2, 0) is 14.3 Å². The Morgan fingerprint density at radius 3 is 2.54 bits per heavy atom. The summed E-state index contributed by atoms with van der Waals surface area (Å²) in [6.45, 7) is 3.04. The number of rotatable bonds is 6. The molecule has 1 saturated heterocycles. The van der Waals surface area contributed by atoms with Gasteiger partial charge < -0.3 is 20.1 Å². The molecule has 2 rings (SSSR count). The van der Waals surface area contributed by atoms with Crippen LogP contribution in [0, 0.1) is 5.92 Å². The van der Waals surface area contributed by atoms with Crippen LogP contribution in [0.1, 0.15) is 30.1 Å². The van der Waals surface area contributed by atoms with Gasteiger partial charge in [-0.25, -0.2) is 4.79 Å². The van der Waals surface area contributed by atoms with Gasteiger partial charge in [-0.3, -0.25) is 9.59 Å². The lowest BCUT2D eigenvalue weighted by atomic mass is 10.0. The Bertz CT molecular complexity index is 600. The van der Waals surface area contributed by atoms with E-state index in [4.69, 9.17) is 15.2 Å². The Balaban J connectivity index is 1.81. The third-order valence-electron chi connectivity index (χ3n) is 3.81. The van der Waals surface area contributed by atoms with Gasteiger partial charge >= 0.3 is 5.97 Å². The molecule has 0 bridgehead atoms. The van der Waals surface area contributed by atoms with Crippen molar-refractivity contribution in [2.45, 2.75) is 19.8 Å². The number of esters is 1. The van der Waals surface area contributed by atoms with Gasteiger partial charge in [-0.05, 0) is 43.0 Å². The van der Waals surface area contributed by atoms with E-state index in [-0.39, 0.29) is 19.1 Å². The van der Waals surface area contributed by atoms with Gasteiger partial charge in [-0.2, -0.15) is 0 Å². The fourth-order valence-electron chi connectivity index (χ4n) is 2.56. The molecule has 0 aliphatic carbocycles. The number of ether oxygens (including phenoxy) is 2. The topological polar surface area (TPSA) is 98.9 Å². The second-order valence-electron chi connectivity index (χ2n) is 5.94. The first-order valence-corrected chi connectivity index (χ1v) is 7.92. The van der Waals surface area contributed by atoms with E-state index in [1.54, 1.807) is 4.90 Å². The predicted molar refractivity (Wildman–Crippen MR) is 86.4 cm³/mol. The summed E-state index contributed by atoms with van der Waals surface area (Å²) in [6, 6.07) is 6.08. The first-order chi connectivity index (χ1) is 11.5. The molecule has 2 N–H and O–H groups in total. The second kappa shape index (κ2) is 8.33. The second-order valence-corrected chi connectivity index (χ2v) is 5.94. The number of hydrogen-bond donors (Lipinski definition) is 1. The number of nitrogens with zero attached hydrogens (tertiary/aromatic N) is 1. The highest BCUT2D eigenvalue weighted by Gasteiger charge is 2.22. The largest absolute Gasteiger partial charge is 0.484 e. The molecule has 7 nitrogen and oxygen atoms in total. The van der Waals surface area contributed by atoms with Gasteiger partial charge in [0.1, 0.15) is 5.75 Å². The van der Waals surface area contributed by atoms with Crippen LogP contribution >= 0.6 is 0 Å². The summed E-state index contributed by atoms with van der Waals surface area (Å²) in [5.74, 6) is -0.426. The summed E-state index contributed by atoms with van der Waals surface area (Å²) in [7, 11) is 0. The molecule has 1 aliphatic rings. The Kier molecular flexibility index (Phi) is 6.17. The lowest BCUT2D eigenvalue weighted by molar-refractivity contribution is -0.136. The Morgan fingerprint density at radius 2 is 1.92 bits per heavy atom. The van der Waals surface area contributed by atoms with Crippen LogP contribution in [0.3, 0.4) is 0 Å². The van der Waals surface area contributed by atoms with Crippen molar-refractivity contribution < 1.29 is 23.9 Å². The molecule has 24 heavy (non-hydrogen) atoms. The number of primary amides is 1. The van der Waals surface area contributed by atoms with Crippen LogP contribution in [-0.4, -0.2) is 49.0 Å². The molecule has 0 saturated carbocycles. The van der Waals surface area contributed by atoms with Crippen molar-refractivity contribution in [3.63, 3.8) is 0 Å². The first kappa shape index (κ1) is 17.8. The zero-order valence-corrected chi connectivity index (χ0v) is 13.7. The number of carbonyl (C=O) groups is 3. The number of benzene rings is 1. The molecule has 2 amide bonds. The minimum atomic E-state index is -0.580. The highest BCUT2D eigenvalue weighted by Crippen LogP contribution is 2.16. The van der Waals surface area contributed by atoms with Gasteiger partial charge in [-0.1, -0.05) is 6.92 Å². The van der Waals surface area contributed by atoms with E-state index >= 15 is 0 Å². The van der Waals surface area contributed by atoms with Crippen molar-refractivity contribution in [2.75, 3.05) is 26.3 Å². The highest BCUT2D eigenvalue weighted by molar-refractivity contribution is 5.91. The molecule has 7 heteroatoms. The van der Waals surface area contributed by atoms with E-state index in [1.165, 1.54) is 24.3 Å². The lowest BCUT2D eigenvalue weighted by Crippen LogP contribution is -2.41. The minimum Gasteiger partial charge on any atom is -0.484 e. The number of likely N-dealkylation sites (tertiary alicyclic amines) is 1. The predicted octanol–water partition coefficient (Wildman–Crippen LogP) is 0.966. The van der Waals surface area contributed by atoms with Gasteiger partial charge in [0, 0.05) is 13.1 Å². The smallest absolute Gasteiger partial charge is 0.338 e. The molecule has 1 fully saturated rings. The standard InChI is InChI=1S/C17H22N2O5/c1-12-3-2-8-19(9-12)16(21)11-24-17(22)13-4-6-14(7-5-13)23-10-15(18)20/h4-7,12H,2-3,8-11H2,1H3,(H2,18,20)/t12-/m0/s1. The maximum Gasteiger partial charge on any atom is 0.338 e. The van der Waals surface area contributed by atoms with Crippen LogP contribution in [0.15, 0.2) is 24.3 Å². The third kappa shape index (κ3) is 5.26. The molecule has 0 unspecified atom stereocenters. The molecule has 0 aromatic heterocycles. The van der Waals surface area contributed by atoms with Gasteiger partial charge in [-0.15, -0.1) is 0 Å². The highest BCUT2D eigenvalue weighted by atomic mass is 16.5. The summed E-state index contributed by atoms with van der Waals surface area (Å²) in [5.41, 5.74) is 5.29. The number of piperidine rings is 1. The molecule has 0 radical (unpaired) electrons. The third-order valence-corrected chi connectivity index (χ3v) is 3.81. The van der Waals surface area contributed by atoms with Crippen LogP contribution < -0.4 is 10.5 Å². The number of hydrogen-bond acceptors (Lipinski definition) is 5. The summed E-state index contributed by atoms with van der Waals surface area (Å²) in [5, 5.41) is 0. The molecular formula is C17H22N2O5. The maximum atomic E-state index is 12.1. The van der Waals surface area contributed by atoms with Crippen molar-refractivity contribution in [3.8, 4) is 5.75 Å². The number of carbonyl (C=O) groups excluding carboxylic acids is 3. The van der Waals surface area contributed by atoms with Crippen molar-refractivity contribution in [1.29, 1.82) is 0 Å². The molecule has 1 aromatic carbocycles. The van der Waals surface area contributed by atoms with E-state index in [1.807, 2.05) is 0 Å².